The number of hydrogen-bond acceptors (Lipinski definition) is 2. The van der Waals surface area contributed by atoms with Crippen molar-refractivity contribution in [2.45, 2.75) is 0 Å². The van der Waals surface area contributed by atoms with Crippen LogP contribution >= 0.6 is 23.2 Å². The fourth-order valence-corrected chi connectivity index (χ4v) is 1.39. The molecule has 0 unspecified atom stereocenters. The van der Waals surface area contributed by atoms with Gasteiger partial charge in [-0.1, -0.05) is 23.2 Å². The molecule has 0 aliphatic heterocycles. The van der Waals surface area contributed by atoms with E-state index in [0.717, 1.165) is 0 Å². The molecule has 0 N–H and O–H groups in total. The van der Waals surface area contributed by atoms with Crippen LogP contribution in [0.25, 0.3) is 11.3 Å². The lowest BCUT2D eigenvalue weighted by molar-refractivity contribution is 0.628. The van der Waals surface area contributed by atoms with E-state index in [9.17, 15) is 4.39 Å². The van der Waals surface area contributed by atoms with E-state index in [-0.39, 0.29) is 5.02 Å². The summed E-state index contributed by atoms with van der Waals surface area (Å²) in [4.78, 5) is 7.92. The molecule has 0 fully saturated rings. The van der Waals surface area contributed by atoms with Crippen LogP contribution in [0.2, 0.25) is 10.2 Å². The van der Waals surface area contributed by atoms with Crippen molar-refractivity contribution in [1.82, 2.24) is 9.97 Å². The van der Waals surface area contributed by atoms with Crippen molar-refractivity contribution in [1.29, 1.82) is 0 Å². The summed E-state index contributed by atoms with van der Waals surface area (Å²) in [5, 5.41) is 0.371. The van der Waals surface area contributed by atoms with E-state index in [2.05, 4.69) is 9.97 Å². The third-order valence-electron chi connectivity index (χ3n) is 1.84. The minimum Gasteiger partial charge on any atom is -0.251 e. The Labute approximate surface area is 95.7 Å². The third-order valence-corrected chi connectivity index (χ3v) is 2.32. The lowest BCUT2D eigenvalue weighted by Gasteiger charge is -2.01. The van der Waals surface area contributed by atoms with Crippen LogP contribution in [0.1, 0.15) is 0 Å². The van der Waals surface area contributed by atoms with Crippen molar-refractivity contribution in [2.75, 3.05) is 0 Å². The van der Waals surface area contributed by atoms with Crippen LogP contribution < -0.4 is 0 Å². The highest BCUT2D eigenvalue weighted by Crippen LogP contribution is 2.23. The maximum atomic E-state index is 12.9. The maximum Gasteiger partial charge on any atom is 0.147 e. The molecule has 0 bridgehead atoms. The first-order valence-electron chi connectivity index (χ1n) is 4.10. The summed E-state index contributed by atoms with van der Waals surface area (Å²) in [5.41, 5.74) is 1.30. The van der Waals surface area contributed by atoms with Crippen LogP contribution in [0.3, 0.4) is 0 Å². The monoisotopic (exact) mass is 242 g/mol. The molecule has 1 aromatic heterocycles. The van der Waals surface area contributed by atoms with E-state index < -0.39 is 5.82 Å². The minimum absolute atomic E-state index is 0.0595. The summed E-state index contributed by atoms with van der Waals surface area (Å²) in [5.74, 6) is -0.456. The highest BCUT2D eigenvalue weighted by Gasteiger charge is 2.04. The van der Waals surface area contributed by atoms with Gasteiger partial charge in [-0.2, -0.15) is 0 Å². The summed E-state index contributed by atoms with van der Waals surface area (Å²) in [6, 6.07) is 4.36. The standard InChI is InChI=1S/C10H5Cl2FN2/c11-7-3-6(1-2-8(7)13)9-4-15-10(12)5-14-9/h1-5H. The average Bonchev–Trinajstić information content (AvgIpc) is 2.23. The molecule has 76 valence electrons. The molecular formula is C10H5Cl2FN2. The van der Waals surface area contributed by atoms with Crippen LogP contribution in [-0.4, -0.2) is 9.97 Å². The number of halogens is 3. The molecule has 1 heterocycles. The summed E-state index contributed by atoms with van der Waals surface area (Å²) in [6.45, 7) is 0. The summed E-state index contributed by atoms with van der Waals surface area (Å²) >= 11 is 11.2. The summed E-state index contributed by atoms with van der Waals surface area (Å²) in [6.07, 6.45) is 2.93. The Bertz CT molecular complexity index is 485. The molecule has 0 saturated heterocycles. The van der Waals surface area contributed by atoms with Crippen molar-refractivity contribution in [3.8, 4) is 11.3 Å². The first-order valence-corrected chi connectivity index (χ1v) is 4.85. The van der Waals surface area contributed by atoms with Gasteiger partial charge in [0.1, 0.15) is 11.0 Å². The highest BCUT2D eigenvalue weighted by molar-refractivity contribution is 6.31. The van der Waals surface area contributed by atoms with Gasteiger partial charge in [0.2, 0.25) is 0 Å². The van der Waals surface area contributed by atoms with Crippen molar-refractivity contribution in [3.05, 3.63) is 46.6 Å². The number of hydrogen-bond donors (Lipinski definition) is 0. The summed E-state index contributed by atoms with van der Waals surface area (Å²) in [7, 11) is 0. The number of nitrogens with zero attached hydrogens (tertiary/aromatic N) is 2. The van der Waals surface area contributed by atoms with Crippen molar-refractivity contribution in [2.24, 2.45) is 0 Å². The van der Waals surface area contributed by atoms with Crippen LogP contribution in [-0.2, 0) is 0 Å². The molecule has 0 radical (unpaired) electrons. The Kier molecular flexibility index (Phi) is 2.84. The third kappa shape index (κ3) is 2.25. The van der Waals surface area contributed by atoms with Gasteiger partial charge in [-0.25, -0.2) is 9.37 Å². The second-order valence-corrected chi connectivity index (χ2v) is 3.65. The topological polar surface area (TPSA) is 25.8 Å². The molecule has 2 aromatic rings. The Morgan fingerprint density at radius 2 is 1.87 bits per heavy atom. The van der Waals surface area contributed by atoms with E-state index in [4.69, 9.17) is 23.2 Å². The van der Waals surface area contributed by atoms with Crippen LogP contribution in [0.5, 0.6) is 0 Å². The molecule has 0 aliphatic rings. The fourth-order valence-electron chi connectivity index (χ4n) is 1.12. The molecule has 2 rings (SSSR count). The smallest absolute Gasteiger partial charge is 0.147 e. The SMILES string of the molecule is Fc1ccc(-c2cnc(Cl)cn2)cc1Cl. The second-order valence-electron chi connectivity index (χ2n) is 2.85. The zero-order valence-electron chi connectivity index (χ0n) is 7.42. The largest absolute Gasteiger partial charge is 0.251 e. The van der Waals surface area contributed by atoms with E-state index >= 15 is 0 Å². The van der Waals surface area contributed by atoms with Gasteiger partial charge in [-0.15, -0.1) is 0 Å². The Balaban J connectivity index is 2.45. The van der Waals surface area contributed by atoms with E-state index in [1.165, 1.54) is 24.5 Å². The van der Waals surface area contributed by atoms with Gasteiger partial charge in [0, 0.05) is 5.56 Å². The number of benzene rings is 1. The molecule has 0 spiro atoms. The molecule has 15 heavy (non-hydrogen) atoms. The van der Waals surface area contributed by atoms with Crippen LogP contribution in [0.4, 0.5) is 4.39 Å². The molecule has 0 atom stereocenters. The van der Waals surface area contributed by atoms with Gasteiger partial charge < -0.3 is 0 Å². The predicted molar refractivity (Wildman–Crippen MR) is 57.4 cm³/mol. The van der Waals surface area contributed by atoms with Gasteiger partial charge in [-0.05, 0) is 18.2 Å². The fraction of sp³-hybridized carbons (Fsp3) is 0. The Morgan fingerprint density at radius 3 is 2.47 bits per heavy atom. The van der Waals surface area contributed by atoms with Crippen molar-refractivity contribution >= 4 is 23.2 Å². The van der Waals surface area contributed by atoms with E-state index in [1.807, 2.05) is 0 Å². The van der Waals surface area contributed by atoms with Gasteiger partial charge in [0.05, 0.1) is 23.1 Å². The summed E-state index contributed by atoms with van der Waals surface area (Å²) < 4.78 is 12.9. The highest BCUT2D eigenvalue weighted by atomic mass is 35.5. The van der Waals surface area contributed by atoms with E-state index in [0.29, 0.717) is 16.4 Å². The van der Waals surface area contributed by atoms with Crippen LogP contribution in [0, 0.1) is 5.82 Å². The number of rotatable bonds is 1. The average molecular weight is 243 g/mol. The molecule has 0 aliphatic carbocycles. The first kappa shape index (κ1) is 10.3. The zero-order chi connectivity index (χ0) is 10.8. The molecule has 0 amide bonds. The van der Waals surface area contributed by atoms with Gasteiger partial charge in [0.25, 0.3) is 0 Å². The Morgan fingerprint density at radius 1 is 1.07 bits per heavy atom. The van der Waals surface area contributed by atoms with Gasteiger partial charge in [-0.3, -0.25) is 4.98 Å². The quantitative estimate of drug-likeness (QED) is 0.764. The van der Waals surface area contributed by atoms with Gasteiger partial charge >= 0.3 is 0 Å². The van der Waals surface area contributed by atoms with E-state index in [1.54, 1.807) is 6.07 Å². The molecule has 5 heteroatoms. The molecular weight excluding hydrogens is 238 g/mol. The van der Waals surface area contributed by atoms with Crippen molar-refractivity contribution in [3.63, 3.8) is 0 Å². The first-order chi connectivity index (χ1) is 7.16. The van der Waals surface area contributed by atoms with Gasteiger partial charge in [0.15, 0.2) is 0 Å². The molecule has 1 aromatic carbocycles. The molecule has 2 nitrogen and oxygen atoms in total. The molecule has 0 saturated carbocycles. The normalized spacial score (nSPS) is 10.3. The number of aromatic nitrogens is 2. The Hall–Kier alpha value is -1.19. The maximum absolute atomic E-state index is 12.9. The second kappa shape index (κ2) is 4.13. The van der Waals surface area contributed by atoms with Crippen molar-refractivity contribution < 1.29 is 4.39 Å². The lowest BCUT2D eigenvalue weighted by Crippen LogP contribution is -1.86. The predicted octanol–water partition coefficient (Wildman–Crippen LogP) is 3.59. The lowest BCUT2D eigenvalue weighted by atomic mass is 10.1. The van der Waals surface area contributed by atoms with Crippen LogP contribution in [0.15, 0.2) is 30.6 Å². The minimum atomic E-state index is -0.456. The zero-order valence-corrected chi connectivity index (χ0v) is 8.93.